The number of benzene rings is 1. The van der Waals surface area contributed by atoms with Crippen molar-refractivity contribution >= 4 is 11.5 Å². The molecular weight excluding hydrogens is 290 g/mol. The van der Waals surface area contributed by atoms with Gasteiger partial charge in [-0.1, -0.05) is 12.1 Å². The molecule has 1 aromatic carbocycles. The van der Waals surface area contributed by atoms with Crippen molar-refractivity contribution in [3.05, 3.63) is 52.8 Å². The molecule has 0 spiro atoms. The summed E-state index contributed by atoms with van der Waals surface area (Å²) >= 11 is 0. The molecule has 2 aromatic heterocycles. The van der Waals surface area contributed by atoms with Crippen LogP contribution in [0.25, 0.3) is 5.65 Å². The number of nitriles is 1. The molecule has 0 saturated carbocycles. The van der Waals surface area contributed by atoms with E-state index in [1.54, 1.807) is 10.7 Å². The number of hydrogen-bond donors (Lipinski definition) is 1. The van der Waals surface area contributed by atoms with Crippen LogP contribution in [0, 0.1) is 25.2 Å². The number of nitrogens with zero attached hydrogens (tertiary/aromatic N) is 4. The minimum absolute atomic E-state index is 0.0460. The van der Waals surface area contributed by atoms with Gasteiger partial charge in [-0.3, -0.25) is 0 Å². The van der Waals surface area contributed by atoms with Crippen LogP contribution in [-0.4, -0.2) is 21.2 Å². The average molecular weight is 305 g/mol. The predicted molar refractivity (Wildman–Crippen MR) is 85.5 cm³/mol. The van der Waals surface area contributed by atoms with Crippen molar-refractivity contribution in [3.63, 3.8) is 0 Å². The number of hydrogen-bond acceptors (Lipinski definition) is 5. The van der Waals surface area contributed by atoms with Gasteiger partial charge in [0.1, 0.15) is 29.8 Å². The Morgan fingerprint density at radius 3 is 3.04 bits per heavy atom. The van der Waals surface area contributed by atoms with E-state index in [4.69, 9.17) is 10.00 Å². The normalized spacial score (nSPS) is 16.0. The lowest BCUT2D eigenvalue weighted by atomic mass is 10.0. The Labute approximate surface area is 133 Å². The van der Waals surface area contributed by atoms with Crippen molar-refractivity contribution in [1.82, 2.24) is 14.6 Å². The van der Waals surface area contributed by atoms with E-state index in [-0.39, 0.29) is 6.04 Å². The maximum atomic E-state index is 9.10. The SMILES string of the molecule is Cc1ccc2c(c1C)OCC2Nc1ccnc2c(C#N)cnn12. The lowest BCUT2D eigenvalue weighted by molar-refractivity contribution is 0.337. The molecule has 0 aliphatic carbocycles. The molecule has 3 aromatic rings. The van der Waals surface area contributed by atoms with Crippen LogP contribution in [-0.2, 0) is 0 Å². The highest BCUT2D eigenvalue weighted by Gasteiger charge is 2.26. The van der Waals surface area contributed by atoms with Crippen LogP contribution in [0.4, 0.5) is 5.82 Å². The first kappa shape index (κ1) is 13.6. The zero-order chi connectivity index (χ0) is 16.0. The van der Waals surface area contributed by atoms with Gasteiger partial charge < -0.3 is 10.1 Å². The summed E-state index contributed by atoms with van der Waals surface area (Å²) in [5, 5.41) is 16.8. The molecular formula is C17H15N5O. The van der Waals surface area contributed by atoms with Gasteiger partial charge in [0, 0.05) is 11.8 Å². The number of nitrogens with one attached hydrogen (secondary N) is 1. The number of ether oxygens (including phenoxy) is 1. The summed E-state index contributed by atoms with van der Waals surface area (Å²) < 4.78 is 7.52. The lowest BCUT2D eigenvalue weighted by Crippen LogP contribution is -2.14. The van der Waals surface area contributed by atoms with Gasteiger partial charge in [-0.2, -0.15) is 14.9 Å². The summed E-state index contributed by atoms with van der Waals surface area (Å²) in [6.07, 6.45) is 3.21. The molecule has 3 heterocycles. The van der Waals surface area contributed by atoms with Gasteiger partial charge in [0.05, 0.1) is 12.2 Å². The van der Waals surface area contributed by atoms with Crippen LogP contribution in [0.3, 0.4) is 0 Å². The Kier molecular flexibility index (Phi) is 2.95. The second-order valence-corrected chi connectivity index (χ2v) is 5.67. The highest BCUT2D eigenvalue weighted by Crippen LogP contribution is 2.38. The predicted octanol–water partition coefficient (Wildman–Crippen LogP) is 2.76. The number of rotatable bonds is 2. The van der Waals surface area contributed by atoms with Gasteiger partial charge in [-0.25, -0.2) is 4.98 Å². The molecule has 23 heavy (non-hydrogen) atoms. The maximum absolute atomic E-state index is 9.10. The zero-order valence-corrected chi connectivity index (χ0v) is 12.9. The summed E-state index contributed by atoms with van der Waals surface area (Å²) in [5.74, 6) is 1.75. The van der Waals surface area contributed by atoms with Crippen molar-refractivity contribution in [1.29, 1.82) is 5.26 Å². The van der Waals surface area contributed by atoms with E-state index in [1.807, 2.05) is 6.07 Å². The van der Waals surface area contributed by atoms with Gasteiger partial charge in [0.2, 0.25) is 0 Å². The molecule has 1 aliphatic heterocycles. The monoisotopic (exact) mass is 305 g/mol. The molecule has 0 bridgehead atoms. The Morgan fingerprint density at radius 1 is 1.35 bits per heavy atom. The van der Waals surface area contributed by atoms with E-state index in [0.29, 0.717) is 17.8 Å². The Bertz CT molecular complexity index is 954. The molecule has 0 saturated heterocycles. The number of aromatic nitrogens is 3. The van der Waals surface area contributed by atoms with E-state index in [9.17, 15) is 0 Å². The number of anilines is 1. The molecule has 4 rings (SSSR count). The van der Waals surface area contributed by atoms with Gasteiger partial charge >= 0.3 is 0 Å². The van der Waals surface area contributed by atoms with Crippen molar-refractivity contribution in [2.75, 3.05) is 11.9 Å². The van der Waals surface area contributed by atoms with E-state index < -0.39 is 0 Å². The quantitative estimate of drug-likeness (QED) is 0.788. The van der Waals surface area contributed by atoms with Gasteiger partial charge in [0.25, 0.3) is 0 Å². The lowest BCUT2D eigenvalue weighted by Gasteiger charge is -2.14. The first-order valence-corrected chi connectivity index (χ1v) is 7.41. The fraction of sp³-hybridized carbons (Fsp3) is 0.235. The Balaban J connectivity index is 1.73. The third-order valence-corrected chi connectivity index (χ3v) is 4.32. The smallest absolute Gasteiger partial charge is 0.175 e. The second-order valence-electron chi connectivity index (χ2n) is 5.67. The fourth-order valence-electron chi connectivity index (χ4n) is 2.91. The third kappa shape index (κ3) is 2.01. The summed E-state index contributed by atoms with van der Waals surface area (Å²) in [6, 6.07) is 8.21. The van der Waals surface area contributed by atoms with Crippen molar-refractivity contribution in [2.45, 2.75) is 19.9 Å². The molecule has 114 valence electrons. The minimum atomic E-state index is 0.0460. The van der Waals surface area contributed by atoms with Crippen molar-refractivity contribution < 1.29 is 4.74 Å². The first-order valence-electron chi connectivity index (χ1n) is 7.41. The zero-order valence-electron chi connectivity index (χ0n) is 12.9. The molecule has 0 amide bonds. The maximum Gasteiger partial charge on any atom is 0.175 e. The molecule has 6 heteroatoms. The number of fused-ring (bicyclic) bond motifs is 2. The molecule has 6 nitrogen and oxygen atoms in total. The fourth-order valence-corrected chi connectivity index (χ4v) is 2.91. The van der Waals surface area contributed by atoms with E-state index in [2.05, 4.69) is 47.4 Å². The van der Waals surface area contributed by atoms with Crippen molar-refractivity contribution in [3.8, 4) is 11.8 Å². The summed E-state index contributed by atoms with van der Waals surface area (Å²) in [4.78, 5) is 4.22. The highest BCUT2D eigenvalue weighted by molar-refractivity contribution is 5.59. The van der Waals surface area contributed by atoms with Crippen LogP contribution in [0.5, 0.6) is 5.75 Å². The molecule has 1 unspecified atom stereocenters. The molecule has 0 fully saturated rings. The van der Waals surface area contributed by atoms with Crippen molar-refractivity contribution in [2.24, 2.45) is 0 Å². The van der Waals surface area contributed by atoms with Crippen LogP contribution in [0.1, 0.15) is 28.3 Å². The third-order valence-electron chi connectivity index (χ3n) is 4.32. The Morgan fingerprint density at radius 2 is 2.22 bits per heavy atom. The largest absolute Gasteiger partial charge is 0.490 e. The standard InChI is InChI=1S/C17H15N5O/c1-10-3-4-13-14(9-23-16(13)11(10)2)21-15-5-6-19-17-12(7-18)8-20-22(15)17/h3-6,8,14,21H,9H2,1-2H3. The second kappa shape index (κ2) is 4.99. The van der Waals surface area contributed by atoms with Gasteiger partial charge in [-0.05, 0) is 31.0 Å². The van der Waals surface area contributed by atoms with Gasteiger partial charge in [0.15, 0.2) is 5.65 Å². The highest BCUT2D eigenvalue weighted by atomic mass is 16.5. The molecule has 1 aliphatic rings. The topological polar surface area (TPSA) is 75.2 Å². The number of aryl methyl sites for hydroxylation is 1. The molecule has 0 radical (unpaired) electrons. The van der Waals surface area contributed by atoms with E-state index >= 15 is 0 Å². The van der Waals surface area contributed by atoms with Gasteiger partial charge in [-0.15, -0.1) is 0 Å². The summed E-state index contributed by atoms with van der Waals surface area (Å²) in [5.41, 5.74) is 4.56. The first-order chi connectivity index (χ1) is 11.2. The van der Waals surface area contributed by atoms with Crippen LogP contribution in [0.15, 0.2) is 30.6 Å². The molecule has 1 N–H and O–H groups in total. The summed E-state index contributed by atoms with van der Waals surface area (Å²) in [7, 11) is 0. The minimum Gasteiger partial charge on any atom is -0.490 e. The summed E-state index contributed by atoms with van der Waals surface area (Å²) in [6.45, 7) is 4.73. The Hall–Kier alpha value is -3.07. The molecule has 1 atom stereocenters. The van der Waals surface area contributed by atoms with E-state index in [0.717, 1.165) is 17.1 Å². The van der Waals surface area contributed by atoms with Crippen LogP contribution < -0.4 is 10.1 Å². The van der Waals surface area contributed by atoms with Crippen LogP contribution in [0.2, 0.25) is 0 Å². The van der Waals surface area contributed by atoms with Crippen LogP contribution >= 0.6 is 0 Å². The van der Waals surface area contributed by atoms with E-state index in [1.165, 1.54) is 17.3 Å². The average Bonchev–Trinajstić information content (AvgIpc) is 3.16.